The molecular weight excluding hydrogens is 260 g/mol. The van der Waals surface area contributed by atoms with Crippen molar-refractivity contribution in [3.63, 3.8) is 0 Å². The Kier molecular flexibility index (Phi) is 4.20. The van der Waals surface area contributed by atoms with Crippen LogP contribution in [0.5, 0.6) is 0 Å². The quantitative estimate of drug-likeness (QED) is 0.932. The van der Waals surface area contributed by atoms with Gasteiger partial charge in [0.05, 0.1) is 5.56 Å². The van der Waals surface area contributed by atoms with Gasteiger partial charge in [-0.3, -0.25) is 4.79 Å². The first kappa shape index (κ1) is 13.7. The van der Waals surface area contributed by atoms with Crippen molar-refractivity contribution in [1.82, 2.24) is 5.32 Å². The summed E-state index contributed by atoms with van der Waals surface area (Å²) in [4.78, 5) is 14.8. The third kappa shape index (κ3) is 3.24. The summed E-state index contributed by atoms with van der Waals surface area (Å²) in [6.07, 6.45) is 2.42. The molecule has 108 valence electrons. The van der Waals surface area contributed by atoms with Crippen molar-refractivity contribution in [3.8, 4) is 0 Å². The highest BCUT2D eigenvalue weighted by Gasteiger charge is 2.18. The SMILES string of the molecule is O=C(NCc1ccccc1)c1ccccc1N1CCCC1. The van der Waals surface area contributed by atoms with Gasteiger partial charge < -0.3 is 10.2 Å². The maximum Gasteiger partial charge on any atom is 0.253 e. The van der Waals surface area contributed by atoms with Gasteiger partial charge in [0.15, 0.2) is 0 Å². The molecule has 1 aliphatic heterocycles. The molecule has 21 heavy (non-hydrogen) atoms. The largest absolute Gasteiger partial charge is 0.371 e. The number of carbonyl (C=O) groups excluding carboxylic acids is 1. The molecule has 0 spiro atoms. The number of hydrogen-bond donors (Lipinski definition) is 1. The highest BCUT2D eigenvalue weighted by molar-refractivity contribution is 5.99. The van der Waals surface area contributed by atoms with E-state index in [1.807, 2.05) is 54.6 Å². The number of hydrogen-bond acceptors (Lipinski definition) is 2. The minimum absolute atomic E-state index is 0.00125. The van der Waals surface area contributed by atoms with E-state index in [0.717, 1.165) is 29.9 Å². The summed E-state index contributed by atoms with van der Waals surface area (Å²) in [5, 5.41) is 3.01. The second-order valence-corrected chi connectivity index (χ2v) is 5.38. The summed E-state index contributed by atoms with van der Waals surface area (Å²) in [5.74, 6) is 0.00125. The van der Waals surface area contributed by atoms with Crippen LogP contribution in [-0.2, 0) is 6.54 Å². The van der Waals surface area contributed by atoms with Crippen LogP contribution in [-0.4, -0.2) is 19.0 Å². The minimum Gasteiger partial charge on any atom is -0.371 e. The molecule has 1 saturated heterocycles. The third-order valence-electron chi connectivity index (χ3n) is 3.89. The van der Waals surface area contributed by atoms with Crippen molar-refractivity contribution in [2.24, 2.45) is 0 Å². The highest BCUT2D eigenvalue weighted by Crippen LogP contribution is 2.24. The van der Waals surface area contributed by atoms with Crippen molar-refractivity contribution in [1.29, 1.82) is 0 Å². The Hall–Kier alpha value is -2.29. The fourth-order valence-corrected chi connectivity index (χ4v) is 2.77. The van der Waals surface area contributed by atoms with Crippen LogP contribution in [0.4, 0.5) is 5.69 Å². The molecular formula is C18H20N2O. The molecule has 1 amide bonds. The summed E-state index contributed by atoms with van der Waals surface area (Å²) in [6.45, 7) is 2.65. The summed E-state index contributed by atoms with van der Waals surface area (Å²) in [7, 11) is 0. The lowest BCUT2D eigenvalue weighted by molar-refractivity contribution is 0.0951. The number of nitrogens with zero attached hydrogens (tertiary/aromatic N) is 1. The van der Waals surface area contributed by atoms with Crippen molar-refractivity contribution in [3.05, 3.63) is 65.7 Å². The van der Waals surface area contributed by atoms with Crippen LogP contribution < -0.4 is 10.2 Å². The predicted molar refractivity (Wildman–Crippen MR) is 85.5 cm³/mol. The first-order valence-electron chi connectivity index (χ1n) is 7.51. The maximum absolute atomic E-state index is 12.5. The van der Waals surface area contributed by atoms with Crippen molar-refractivity contribution < 1.29 is 4.79 Å². The number of carbonyl (C=O) groups is 1. The zero-order valence-electron chi connectivity index (χ0n) is 12.1. The molecule has 3 rings (SSSR count). The summed E-state index contributed by atoms with van der Waals surface area (Å²) in [6, 6.07) is 17.9. The smallest absolute Gasteiger partial charge is 0.253 e. The van der Waals surface area contributed by atoms with Crippen LogP contribution in [0.3, 0.4) is 0 Å². The minimum atomic E-state index is 0.00125. The molecule has 0 radical (unpaired) electrons. The van der Waals surface area contributed by atoms with E-state index in [-0.39, 0.29) is 5.91 Å². The fraction of sp³-hybridized carbons (Fsp3) is 0.278. The van der Waals surface area contributed by atoms with E-state index in [4.69, 9.17) is 0 Å². The average Bonchev–Trinajstić information content (AvgIpc) is 3.08. The molecule has 1 aliphatic rings. The first-order valence-corrected chi connectivity index (χ1v) is 7.51. The Morgan fingerprint density at radius 3 is 2.38 bits per heavy atom. The first-order chi connectivity index (χ1) is 10.3. The van der Waals surface area contributed by atoms with Gasteiger partial charge in [0.25, 0.3) is 5.91 Å². The monoisotopic (exact) mass is 280 g/mol. The Morgan fingerprint density at radius 1 is 0.952 bits per heavy atom. The molecule has 1 heterocycles. The average molecular weight is 280 g/mol. The van der Waals surface area contributed by atoms with Crippen LogP contribution in [0, 0.1) is 0 Å². The normalized spacial score (nSPS) is 14.2. The lowest BCUT2D eigenvalue weighted by Gasteiger charge is -2.20. The highest BCUT2D eigenvalue weighted by atomic mass is 16.1. The van der Waals surface area contributed by atoms with Gasteiger partial charge in [-0.25, -0.2) is 0 Å². The van der Waals surface area contributed by atoms with Crippen LogP contribution in [0.25, 0.3) is 0 Å². The molecule has 0 bridgehead atoms. The van der Waals surface area contributed by atoms with E-state index in [2.05, 4.69) is 10.2 Å². The van der Waals surface area contributed by atoms with Crippen LogP contribution >= 0.6 is 0 Å². The van der Waals surface area contributed by atoms with Crippen LogP contribution in [0.2, 0.25) is 0 Å². The van der Waals surface area contributed by atoms with Crippen LogP contribution in [0.15, 0.2) is 54.6 Å². The second-order valence-electron chi connectivity index (χ2n) is 5.38. The lowest BCUT2D eigenvalue weighted by atomic mass is 10.1. The van der Waals surface area contributed by atoms with E-state index in [0.29, 0.717) is 6.54 Å². The Bertz CT molecular complexity index is 604. The zero-order chi connectivity index (χ0) is 14.5. The molecule has 1 fully saturated rings. The lowest BCUT2D eigenvalue weighted by Crippen LogP contribution is -2.27. The summed E-state index contributed by atoms with van der Waals surface area (Å²) >= 11 is 0. The third-order valence-corrected chi connectivity index (χ3v) is 3.89. The predicted octanol–water partition coefficient (Wildman–Crippen LogP) is 3.22. The van der Waals surface area contributed by atoms with Crippen LogP contribution in [0.1, 0.15) is 28.8 Å². The number of nitrogens with one attached hydrogen (secondary N) is 1. The van der Waals surface area contributed by atoms with E-state index in [1.54, 1.807) is 0 Å². The van der Waals surface area contributed by atoms with Gasteiger partial charge in [-0.15, -0.1) is 0 Å². The zero-order valence-corrected chi connectivity index (χ0v) is 12.1. The molecule has 3 heteroatoms. The molecule has 2 aromatic carbocycles. The molecule has 2 aromatic rings. The Morgan fingerprint density at radius 2 is 1.62 bits per heavy atom. The van der Waals surface area contributed by atoms with Crippen molar-refractivity contribution >= 4 is 11.6 Å². The molecule has 3 nitrogen and oxygen atoms in total. The molecule has 0 aromatic heterocycles. The fourth-order valence-electron chi connectivity index (χ4n) is 2.77. The van der Waals surface area contributed by atoms with E-state index in [9.17, 15) is 4.79 Å². The van der Waals surface area contributed by atoms with Gasteiger partial charge in [0.2, 0.25) is 0 Å². The van der Waals surface area contributed by atoms with Gasteiger partial charge in [0, 0.05) is 25.3 Å². The Labute approximate surface area is 125 Å². The topological polar surface area (TPSA) is 32.3 Å². The maximum atomic E-state index is 12.5. The van der Waals surface area contributed by atoms with Gasteiger partial charge in [-0.2, -0.15) is 0 Å². The van der Waals surface area contributed by atoms with Gasteiger partial charge in [0.1, 0.15) is 0 Å². The number of amides is 1. The Balaban J connectivity index is 1.72. The number of rotatable bonds is 4. The van der Waals surface area contributed by atoms with E-state index < -0.39 is 0 Å². The van der Waals surface area contributed by atoms with Crippen molar-refractivity contribution in [2.75, 3.05) is 18.0 Å². The standard InChI is InChI=1S/C18H20N2O/c21-18(19-14-15-8-2-1-3-9-15)16-10-4-5-11-17(16)20-12-6-7-13-20/h1-5,8-11H,6-7,12-14H2,(H,19,21). The van der Waals surface area contributed by atoms with Crippen molar-refractivity contribution in [2.45, 2.75) is 19.4 Å². The number of para-hydroxylation sites is 1. The molecule has 0 atom stereocenters. The van der Waals surface area contributed by atoms with E-state index in [1.165, 1.54) is 12.8 Å². The van der Waals surface area contributed by atoms with Gasteiger partial charge >= 0.3 is 0 Å². The molecule has 1 N–H and O–H groups in total. The summed E-state index contributed by atoms with van der Waals surface area (Å²) in [5.41, 5.74) is 2.94. The summed E-state index contributed by atoms with van der Waals surface area (Å²) < 4.78 is 0. The molecule has 0 aliphatic carbocycles. The van der Waals surface area contributed by atoms with Gasteiger partial charge in [-0.05, 0) is 30.5 Å². The number of benzene rings is 2. The van der Waals surface area contributed by atoms with E-state index >= 15 is 0 Å². The van der Waals surface area contributed by atoms with Gasteiger partial charge in [-0.1, -0.05) is 42.5 Å². The molecule has 0 saturated carbocycles. The molecule has 0 unspecified atom stereocenters. The second kappa shape index (κ2) is 6.44. The number of anilines is 1.